The zero-order chi connectivity index (χ0) is 8.10. The van der Waals surface area contributed by atoms with E-state index in [1.54, 1.807) is 0 Å². The first-order valence-corrected chi connectivity index (χ1v) is 4.51. The molecule has 0 aliphatic carbocycles. The van der Waals surface area contributed by atoms with Crippen molar-refractivity contribution in [3.05, 3.63) is 0 Å². The Hall–Kier alpha value is -0.370. The molecule has 1 N–H and O–H groups in total. The average molecular weight is 154 g/mol. The summed E-state index contributed by atoms with van der Waals surface area (Å²) < 4.78 is 0. The second-order valence-corrected chi connectivity index (χ2v) is 3.45. The van der Waals surface area contributed by atoms with Crippen LogP contribution in [0.5, 0.6) is 0 Å². The minimum Gasteiger partial charge on any atom is -0.316 e. The van der Waals surface area contributed by atoms with Crippen molar-refractivity contribution in [1.29, 1.82) is 0 Å². The minimum atomic E-state index is 0.626. The van der Waals surface area contributed by atoms with Crippen molar-refractivity contribution < 1.29 is 0 Å². The molecular weight excluding hydrogens is 136 g/mol. The SMILES string of the molecule is CC1/C=N\CCCNCC1C. The molecule has 0 bridgehead atoms. The Morgan fingerprint density at radius 2 is 2.27 bits per heavy atom. The van der Waals surface area contributed by atoms with Gasteiger partial charge in [-0.1, -0.05) is 13.8 Å². The number of hydrogen-bond acceptors (Lipinski definition) is 2. The van der Waals surface area contributed by atoms with E-state index in [4.69, 9.17) is 0 Å². The van der Waals surface area contributed by atoms with Gasteiger partial charge >= 0.3 is 0 Å². The summed E-state index contributed by atoms with van der Waals surface area (Å²) >= 11 is 0. The molecule has 0 saturated heterocycles. The van der Waals surface area contributed by atoms with E-state index < -0.39 is 0 Å². The molecule has 2 atom stereocenters. The molecule has 1 aliphatic heterocycles. The smallest absolute Gasteiger partial charge is 0.0397 e. The summed E-state index contributed by atoms with van der Waals surface area (Å²) in [6.45, 7) is 7.75. The molecule has 0 spiro atoms. The van der Waals surface area contributed by atoms with Crippen LogP contribution in [0.2, 0.25) is 0 Å². The van der Waals surface area contributed by atoms with E-state index >= 15 is 0 Å². The molecule has 1 rings (SSSR count). The largest absolute Gasteiger partial charge is 0.316 e. The van der Waals surface area contributed by atoms with E-state index in [2.05, 4.69) is 30.4 Å². The van der Waals surface area contributed by atoms with Crippen molar-refractivity contribution in [2.24, 2.45) is 16.8 Å². The van der Waals surface area contributed by atoms with Crippen molar-refractivity contribution in [3.63, 3.8) is 0 Å². The summed E-state index contributed by atoms with van der Waals surface area (Å²) in [4.78, 5) is 4.36. The van der Waals surface area contributed by atoms with Gasteiger partial charge in [0.15, 0.2) is 0 Å². The summed E-state index contributed by atoms with van der Waals surface area (Å²) in [6.07, 6.45) is 3.29. The van der Waals surface area contributed by atoms with Gasteiger partial charge in [-0.15, -0.1) is 0 Å². The fourth-order valence-electron chi connectivity index (χ4n) is 1.20. The van der Waals surface area contributed by atoms with Crippen LogP contribution in [0.1, 0.15) is 20.3 Å². The van der Waals surface area contributed by atoms with Gasteiger partial charge in [-0.2, -0.15) is 0 Å². The van der Waals surface area contributed by atoms with E-state index in [-0.39, 0.29) is 0 Å². The molecule has 0 aromatic heterocycles. The highest BCUT2D eigenvalue weighted by Gasteiger charge is 2.09. The van der Waals surface area contributed by atoms with E-state index in [1.165, 1.54) is 6.42 Å². The molecule has 2 heteroatoms. The molecule has 0 fully saturated rings. The Morgan fingerprint density at radius 3 is 3.09 bits per heavy atom. The van der Waals surface area contributed by atoms with E-state index in [0.717, 1.165) is 25.6 Å². The lowest BCUT2D eigenvalue weighted by atomic mass is 9.97. The van der Waals surface area contributed by atoms with Crippen molar-refractivity contribution >= 4 is 6.21 Å². The molecule has 1 heterocycles. The van der Waals surface area contributed by atoms with Crippen LogP contribution in [0, 0.1) is 11.8 Å². The van der Waals surface area contributed by atoms with Crippen molar-refractivity contribution in [2.45, 2.75) is 20.3 Å². The van der Waals surface area contributed by atoms with Gasteiger partial charge in [-0.05, 0) is 31.3 Å². The normalized spacial score (nSPS) is 36.9. The predicted octanol–water partition coefficient (Wildman–Crippen LogP) is 1.32. The van der Waals surface area contributed by atoms with Gasteiger partial charge in [0.05, 0.1) is 0 Å². The average Bonchev–Trinajstić information content (AvgIpc) is 2.07. The maximum absolute atomic E-state index is 4.36. The molecule has 0 radical (unpaired) electrons. The Balaban J connectivity index is 2.42. The summed E-state index contributed by atoms with van der Waals surface area (Å²) in [5.74, 6) is 1.34. The van der Waals surface area contributed by atoms with Crippen LogP contribution < -0.4 is 5.32 Å². The van der Waals surface area contributed by atoms with Crippen LogP contribution >= 0.6 is 0 Å². The number of aliphatic imine (C=N–C) groups is 1. The molecule has 2 unspecified atom stereocenters. The second-order valence-electron chi connectivity index (χ2n) is 3.45. The zero-order valence-electron chi connectivity index (χ0n) is 7.51. The van der Waals surface area contributed by atoms with Crippen molar-refractivity contribution in [3.8, 4) is 0 Å². The Kier molecular flexibility index (Phi) is 3.57. The van der Waals surface area contributed by atoms with E-state index in [1.807, 2.05) is 0 Å². The second kappa shape index (κ2) is 4.50. The van der Waals surface area contributed by atoms with Gasteiger partial charge in [0.1, 0.15) is 0 Å². The third kappa shape index (κ3) is 3.02. The van der Waals surface area contributed by atoms with Crippen LogP contribution in [0.4, 0.5) is 0 Å². The third-order valence-electron chi connectivity index (χ3n) is 2.35. The van der Waals surface area contributed by atoms with Crippen molar-refractivity contribution in [1.82, 2.24) is 5.32 Å². The number of nitrogens with one attached hydrogen (secondary N) is 1. The maximum atomic E-state index is 4.36. The lowest BCUT2D eigenvalue weighted by molar-refractivity contribution is 0.453. The third-order valence-corrected chi connectivity index (χ3v) is 2.35. The summed E-state index contributed by atoms with van der Waals surface area (Å²) in [5, 5.41) is 3.43. The van der Waals surface area contributed by atoms with Crippen molar-refractivity contribution in [2.75, 3.05) is 19.6 Å². The first-order valence-electron chi connectivity index (χ1n) is 4.51. The lowest BCUT2D eigenvalue weighted by Gasteiger charge is -2.14. The van der Waals surface area contributed by atoms with Crippen LogP contribution in [-0.2, 0) is 0 Å². The lowest BCUT2D eigenvalue weighted by Crippen LogP contribution is -2.25. The van der Waals surface area contributed by atoms with Gasteiger partial charge in [-0.3, -0.25) is 4.99 Å². The highest BCUT2D eigenvalue weighted by molar-refractivity contribution is 5.60. The van der Waals surface area contributed by atoms with Crippen LogP contribution in [-0.4, -0.2) is 25.8 Å². The first-order chi connectivity index (χ1) is 5.30. The van der Waals surface area contributed by atoms with Gasteiger partial charge in [-0.25, -0.2) is 0 Å². The molecular formula is C9H18N2. The quantitative estimate of drug-likeness (QED) is 0.559. The van der Waals surface area contributed by atoms with Crippen LogP contribution in [0.15, 0.2) is 4.99 Å². The van der Waals surface area contributed by atoms with E-state index in [0.29, 0.717) is 5.92 Å². The standard InChI is InChI=1S/C9H18N2/c1-8-6-10-4-3-5-11-7-9(8)2/h6,8-9,11H,3-5,7H2,1-2H3/b10-6-. The summed E-state index contributed by atoms with van der Waals surface area (Å²) in [5.41, 5.74) is 0. The molecule has 0 amide bonds. The number of nitrogens with zero attached hydrogens (tertiary/aromatic N) is 1. The number of hydrogen-bond donors (Lipinski definition) is 1. The molecule has 0 aromatic rings. The highest BCUT2D eigenvalue weighted by Crippen LogP contribution is 2.07. The molecule has 64 valence electrons. The Bertz CT molecular complexity index is 132. The topological polar surface area (TPSA) is 24.4 Å². The molecule has 0 saturated carbocycles. The molecule has 11 heavy (non-hydrogen) atoms. The zero-order valence-corrected chi connectivity index (χ0v) is 7.51. The fourth-order valence-corrected chi connectivity index (χ4v) is 1.20. The summed E-state index contributed by atoms with van der Waals surface area (Å²) in [6, 6.07) is 0. The van der Waals surface area contributed by atoms with Gasteiger partial charge in [0, 0.05) is 12.8 Å². The van der Waals surface area contributed by atoms with E-state index in [9.17, 15) is 0 Å². The molecule has 1 aliphatic rings. The first kappa shape index (κ1) is 8.72. The minimum absolute atomic E-state index is 0.626. The predicted molar refractivity (Wildman–Crippen MR) is 49.2 cm³/mol. The monoisotopic (exact) mass is 154 g/mol. The van der Waals surface area contributed by atoms with Crippen LogP contribution in [0.25, 0.3) is 0 Å². The van der Waals surface area contributed by atoms with Gasteiger partial charge in [0.25, 0.3) is 0 Å². The fraction of sp³-hybridized carbons (Fsp3) is 0.889. The molecule has 0 aromatic carbocycles. The maximum Gasteiger partial charge on any atom is 0.0397 e. The number of rotatable bonds is 0. The molecule has 2 nitrogen and oxygen atoms in total. The van der Waals surface area contributed by atoms with Crippen LogP contribution in [0.3, 0.4) is 0 Å². The van der Waals surface area contributed by atoms with Gasteiger partial charge < -0.3 is 5.32 Å². The van der Waals surface area contributed by atoms with Gasteiger partial charge in [0.2, 0.25) is 0 Å². The Labute approximate surface area is 69.1 Å². The highest BCUT2D eigenvalue weighted by atomic mass is 14.9. The Morgan fingerprint density at radius 1 is 1.45 bits per heavy atom. The summed E-state index contributed by atoms with van der Waals surface area (Å²) in [7, 11) is 0.